The van der Waals surface area contributed by atoms with E-state index in [2.05, 4.69) is 27.1 Å². The van der Waals surface area contributed by atoms with Crippen LogP contribution in [0.3, 0.4) is 0 Å². The standard InChI is InChI=1S/C16H12ClFN2.C11H15NO/c1-9-7-13-15(20-10(9)2)5-6-19-16(13)12-4-3-11(17)8-14(12)18;1-9-8-10(5-6-12-9)11-4-2-3-7-13-11/h3-8H,1-2H3;5-6,8,11H,2-4,7H2,1H3. The van der Waals surface area contributed by atoms with Crippen LogP contribution in [0.1, 0.15) is 47.9 Å². The van der Waals surface area contributed by atoms with E-state index >= 15 is 0 Å². The third-order valence-corrected chi connectivity index (χ3v) is 6.08. The van der Waals surface area contributed by atoms with Gasteiger partial charge in [0.2, 0.25) is 0 Å². The highest BCUT2D eigenvalue weighted by atomic mass is 35.5. The molecule has 1 aromatic carbocycles. The van der Waals surface area contributed by atoms with Crippen molar-refractivity contribution in [3.8, 4) is 11.3 Å². The van der Waals surface area contributed by atoms with E-state index in [9.17, 15) is 4.39 Å². The summed E-state index contributed by atoms with van der Waals surface area (Å²) in [6, 6.07) is 12.6. The number of pyridine rings is 3. The van der Waals surface area contributed by atoms with E-state index in [0.717, 1.165) is 40.9 Å². The molecule has 1 aliphatic rings. The van der Waals surface area contributed by atoms with Crippen LogP contribution in [0.5, 0.6) is 0 Å². The van der Waals surface area contributed by atoms with Crippen molar-refractivity contribution in [1.29, 1.82) is 0 Å². The number of hydrogen-bond acceptors (Lipinski definition) is 4. The molecule has 1 aliphatic heterocycles. The van der Waals surface area contributed by atoms with Crippen molar-refractivity contribution < 1.29 is 9.13 Å². The zero-order valence-electron chi connectivity index (χ0n) is 19.1. The Labute approximate surface area is 198 Å². The summed E-state index contributed by atoms with van der Waals surface area (Å²) in [7, 11) is 0. The first-order chi connectivity index (χ1) is 15.9. The van der Waals surface area contributed by atoms with Crippen LogP contribution in [-0.4, -0.2) is 21.6 Å². The molecule has 1 atom stereocenters. The summed E-state index contributed by atoms with van der Waals surface area (Å²) in [6.45, 7) is 6.87. The summed E-state index contributed by atoms with van der Waals surface area (Å²) in [6.07, 6.45) is 7.47. The highest BCUT2D eigenvalue weighted by Gasteiger charge is 2.16. The Kier molecular flexibility index (Phi) is 7.31. The molecule has 0 N–H and O–H groups in total. The fourth-order valence-electron chi connectivity index (χ4n) is 3.96. The van der Waals surface area contributed by atoms with Gasteiger partial charge in [0.1, 0.15) is 5.82 Å². The average Bonchev–Trinajstić information content (AvgIpc) is 2.81. The topological polar surface area (TPSA) is 47.9 Å². The molecule has 4 heterocycles. The Balaban J connectivity index is 0.000000172. The highest BCUT2D eigenvalue weighted by molar-refractivity contribution is 6.30. The van der Waals surface area contributed by atoms with Gasteiger partial charge in [0.05, 0.1) is 17.3 Å². The average molecular weight is 464 g/mol. The van der Waals surface area contributed by atoms with Gasteiger partial charge in [0.25, 0.3) is 0 Å². The first-order valence-electron chi connectivity index (χ1n) is 11.1. The fraction of sp³-hybridized carbons (Fsp3) is 0.296. The zero-order valence-corrected chi connectivity index (χ0v) is 19.9. The maximum absolute atomic E-state index is 14.1. The van der Waals surface area contributed by atoms with Crippen molar-refractivity contribution in [3.63, 3.8) is 0 Å². The molecular weight excluding hydrogens is 437 g/mol. The molecule has 1 fully saturated rings. The van der Waals surface area contributed by atoms with Crippen LogP contribution in [-0.2, 0) is 4.74 Å². The van der Waals surface area contributed by atoms with E-state index < -0.39 is 0 Å². The summed E-state index contributed by atoms with van der Waals surface area (Å²) in [5.74, 6) is -0.379. The molecule has 0 aliphatic carbocycles. The number of hydrogen-bond donors (Lipinski definition) is 0. The smallest absolute Gasteiger partial charge is 0.134 e. The van der Waals surface area contributed by atoms with Gasteiger partial charge >= 0.3 is 0 Å². The number of nitrogens with zero attached hydrogens (tertiary/aromatic N) is 3. The minimum Gasteiger partial charge on any atom is -0.374 e. The number of halogens is 2. The number of aromatic nitrogens is 3. The van der Waals surface area contributed by atoms with Crippen LogP contribution < -0.4 is 0 Å². The summed E-state index contributed by atoms with van der Waals surface area (Å²) in [5.41, 5.74) is 6.22. The Hall–Kier alpha value is -2.89. The van der Waals surface area contributed by atoms with Crippen molar-refractivity contribution in [1.82, 2.24) is 15.0 Å². The van der Waals surface area contributed by atoms with Crippen LogP contribution in [0.4, 0.5) is 4.39 Å². The lowest BCUT2D eigenvalue weighted by atomic mass is 10.0. The molecule has 0 amide bonds. The molecule has 0 radical (unpaired) electrons. The summed E-state index contributed by atoms with van der Waals surface area (Å²) in [4.78, 5) is 13.0. The zero-order chi connectivity index (χ0) is 23.4. The maximum Gasteiger partial charge on any atom is 0.134 e. The molecule has 4 nitrogen and oxygen atoms in total. The molecule has 0 saturated carbocycles. The number of aryl methyl sites for hydroxylation is 3. The number of ether oxygens (including phenoxy) is 1. The Bertz CT molecular complexity index is 1270. The van der Waals surface area contributed by atoms with Gasteiger partial charge in [-0.15, -0.1) is 0 Å². The quantitative estimate of drug-likeness (QED) is 0.312. The third kappa shape index (κ3) is 5.55. The predicted octanol–water partition coefficient (Wildman–Crippen LogP) is 7.34. The number of benzene rings is 1. The van der Waals surface area contributed by atoms with Gasteiger partial charge in [-0.3, -0.25) is 15.0 Å². The van der Waals surface area contributed by atoms with E-state index in [4.69, 9.17) is 16.3 Å². The van der Waals surface area contributed by atoms with Crippen LogP contribution in [0, 0.1) is 26.6 Å². The van der Waals surface area contributed by atoms with Crippen molar-refractivity contribution in [3.05, 3.63) is 88.2 Å². The summed E-state index contributed by atoms with van der Waals surface area (Å²) in [5, 5.41) is 1.22. The van der Waals surface area contributed by atoms with Gasteiger partial charge in [-0.25, -0.2) is 4.39 Å². The minimum absolute atomic E-state index is 0.315. The molecule has 33 heavy (non-hydrogen) atoms. The fourth-order valence-corrected chi connectivity index (χ4v) is 4.12. The SMILES string of the molecule is Cc1cc(C2CCCCO2)ccn1.Cc1cc2c(-c3ccc(Cl)cc3F)nccc2nc1C. The molecule has 5 rings (SSSR count). The Morgan fingerprint density at radius 2 is 1.79 bits per heavy atom. The van der Waals surface area contributed by atoms with Crippen LogP contribution in [0.15, 0.2) is 54.9 Å². The lowest BCUT2D eigenvalue weighted by molar-refractivity contribution is 0.0149. The highest BCUT2D eigenvalue weighted by Crippen LogP contribution is 2.30. The van der Waals surface area contributed by atoms with Gasteiger partial charge in [0.15, 0.2) is 0 Å². The van der Waals surface area contributed by atoms with Crippen molar-refractivity contribution >= 4 is 22.5 Å². The summed E-state index contributed by atoms with van der Waals surface area (Å²) < 4.78 is 19.8. The molecular formula is C27H27ClFN3O. The van der Waals surface area contributed by atoms with Crippen molar-refractivity contribution in [2.24, 2.45) is 0 Å². The van der Waals surface area contributed by atoms with E-state index in [1.165, 1.54) is 24.5 Å². The molecule has 1 saturated heterocycles. The van der Waals surface area contributed by atoms with Crippen LogP contribution in [0.25, 0.3) is 22.2 Å². The lowest BCUT2D eigenvalue weighted by Crippen LogP contribution is -2.11. The van der Waals surface area contributed by atoms with Gasteiger partial charge in [0, 0.05) is 46.4 Å². The van der Waals surface area contributed by atoms with E-state index in [1.54, 1.807) is 18.3 Å². The van der Waals surface area contributed by atoms with Gasteiger partial charge in [-0.1, -0.05) is 11.6 Å². The summed E-state index contributed by atoms with van der Waals surface area (Å²) >= 11 is 5.80. The van der Waals surface area contributed by atoms with Crippen molar-refractivity contribution in [2.45, 2.75) is 46.1 Å². The van der Waals surface area contributed by atoms with Crippen molar-refractivity contribution in [2.75, 3.05) is 6.61 Å². The predicted molar refractivity (Wildman–Crippen MR) is 131 cm³/mol. The second-order valence-corrected chi connectivity index (χ2v) is 8.76. The van der Waals surface area contributed by atoms with E-state index in [1.807, 2.05) is 39.1 Å². The van der Waals surface area contributed by atoms with Gasteiger partial charge in [-0.2, -0.15) is 0 Å². The normalized spacial score (nSPS) is 15.7. The second kappa shape index (κ2) is 10.4. The molecule has 3 aromatic heterocycles. The van der Waals surface area contributed by atoms with E-state index in [0.29, 0.717) is 22.4 Å². The molecule has 6 heteroatoms. The molecule has 170 valence electrons. The van der Waals surface area contributed by atoms with Crippen LogP contribution in [0.2, 0.25) is 5.02 Å². The maximum atomic E-state index is 14.1. The largest absolute Gasteiger partial charge is 0.374 e. The lowest BCUT2D eigenvalue weighted by Gasteiger charge is -2.22. The Morgan fingerprint density at radius 3 is 2.52 bits per heavy atom. The molecule has 0 bridgehead atoms. The number of fused-ring (bicyclic) bond motifs is 1. The monoisotopic (exact) mass is 463 g/mol. The third-order valence-electron chi connectivity index (χ3n) is 5.85. The molecule has 0 spiro atoms. The second-order valence-electron chi connectivity index (χ2n) is 8.33. The van der Waals surface area contributed by atoms with Gasteiger partial charge < -0.3 is 4.74 Å². The molecule has 1 unspecified atom stereocenters. The first-order valence-corrected chi connectivity index (χ1v) is 11.5. The minimum atomic E-state index is -0.379. The Morgan fingerprint density at radius 1 is 0.970 bits per heavy atom. The number of rotatable bonds is 2. The van der Waals surface area contributed by atoms with E-state index in [-0.39, 0.29) is 5.82 Å². The first kappa shape index (κ1) is 23.3. The van der Waals surface area contributed by atoms with Crippen LogP contribution >= 0.6 is 11.6 Å². The van der Waals surface area contributed by atoms with Gasteiger partial charge in [-0.05, 0) is 93.6 Å². The molecule has 4 aromatic rings.